The van der Waals surface area contributed by atoms with Crippen LogP contribution in [-0.4, -0.2) is 56.4 Å². The smallest absolute Gasteiger partial charge is 0.0589 e. The van der Waals surface area contributed by atoms with Crippen molar-refractivity contribution in [3.8, 4) is 0 Å². The fraction of sp³-hybridized carbons (Fsp3) is 0.688. The summed E-state index contributed by atoms with van der Waals surface area (Å²) in [4.78, 5) is 7.02. The number of methoxy groups -OCH3 is 2. The van der Waals surface area contributed by atoms with E-state index in [1.165, 1.54) is 0 Å². The molecule has 0 aliphatic rings. The molecular formula is C16H29N3O2. The summed E-state index contributed by atoms with van der Waals surface area (Å²) >= 11 is 0. The van der Waals surface area contributed by atoms with Crippen LogP contribution in [0.2, 0.25) is 0 Å². The van der Waals surface area contributed by atoms with E-state index in [4.69, 9.17) is 14.5 Å². The molecule has 0 saturated heterocycles. The van der Waals surface area contributed by atoms with Gasteiger partial charge in [-0.25, -0.2) is 0 Å². The predicted molar refractivity (Wildman–Crippen MR) is 85.2 cm³/mol. The minimum atomic E-state index is 0.468. The molecule has 0 unspecified atom stereocenters. The second-order valence-corrected chi connectivity index (χ2v) is 5.42. The van der Waals surface area contributed by atoms with Crippen molar-refractivity contribution in [2.75, 3.05) is 40.5 Å². The van der Waals surface area contributed by atoms with Crippen LogP contribution in [0.4, 0.5) is 0 Å². The van der Waals surface area contributed by atoms with Crippen LogP contribution in [0.5, 0.6) is 0 Å². The third-order valence-corrected chi connectivity index (χ3v) is 3.16. The second kappa shape index (κ2) is 10.7. The number of rotatable bonds is 11. The lowest BCUT2D eigenvalue weighted by atomic mass is 10.2. The summed E-state index contributed by atoms with van der Waals surface area (Å²) in [7, 11) is 3.45. The Bertz CT molecular complexity index is 378. The lowest BCUT2D eigenvalue weighted by Gasteiger charge is -2.21. The number of hydrogen-bond donors (Lipinski definition) is 1. The van der Waals surface area contributed by atoms with Crippen LogP contribution in [0.3, 0.4) is 0 Å². The molecule has 0 spiro atoms. The Morgan fingerprint density at radius 2 is 1.71 bits per heavy atom. The molecule has 120 valence electrons. The van der Waals surface area contributed by atoms with Gasteiger partial charge in [-0.15, -0.1) is 0 Å². The molecule has 5 nitrogen and oxygen atoms in total. The zero-order valence-corrected chi connectivity index (χ0v) is 13.8. The number of nitrogens with one attached hydrogen (secondary N) is 1. The van der Waals surface area contributed by atoms with Gasteiger partial charge in [-0.1, -0.05) is 19.9 Å². The van der Waals surface area contributed by atoms with Crippen molar-refractivity contribution >= 4 is 0 Å². The van der Waals surface area contributed by atoms with Crippen LogP contribution in [-0.2, 0) is 22.6 Å². The van der Waals surface area contributed by atoms with Crippen LogP contribution in [0, 0.1) is 0 Å². The first-order valence-corrected chi connectivity index (χ1v) is 7.54. The molecule has 0 fully saturated rings. The third-order valence-electron chi connectivity index (χ3n) is 3.16. The van der Waals surface area contributed by atoms with Crippen molar-refractivity contribution < 1.29 is 9.47 Å². The first-order valence-electron chi connectivity index (χ1n) is 7.54. The van der Waals surface area contributed by atoms with Gasteiger partial charge in [0.2, 0.25) is 0 Å². The van der Waals surface area contributed by atoms with Crippen LogP contribution in [0.25, 0.3) is 0 Å². The van der Waals surface area contributed by atoms with E-state index in [0.717, 1.165) is 50.8 Å². The van der Waals surface area contributed by atoms with E-state index < -0.39 is 0 Å². The summed E-state index contributed by atoms with van der Waals surface area (Å²) in [6.45, 7) is 9.12. The monoisotopic (exact) mass is 295 g/mol. The first-order chi connectivity index (χ1) is 10.2. The van der Waals surface area contributed by atoms with E-state index in [2.05, 4.69) is 42.3 Å². The van der Waals surface area contributed by atoms with E-state index in [-0.39, 0.29) is 0 Å². The fourth-order valence-corrected chi connectivity index (χ4v) is 1.96. The maximum Gasteiger partial charge on any atom is 0.0589 e. The summed E-state index contributed by atoms with van der Waals surface area (Å²) in [6, 6.07) is 6.68. The summed E-state index contributed by atoms with van der Waals surface area (Å²) in [5.74, 6) is 0. The third kappa shape index (κ3) is 8.12. The van der Waals surface area contributed by atoms with E-state index in [1.54, 1.807) is 14.2 Å². The van der Waals surface area contributed by atoms with Crippen molar-refractivity contribution in [3.05, 3.63) is 29.6 Å². The van der Waals surface area contributed by atoms with Gasteiger partial charge in [0.15, 0.2) is 0 Å². The van der Waals surface area contributed by atoms with E-state index in [1.807, 2.05) is 0 Å². The van der Waals surface area contributed by atoms with Crippen molar-refractivity contribution in [3.63, 3.8) is 0 Å². The number of nitrogens with zero attached hydrogens (tertiary/aromatic N) is 2. The normalized spacial score (nSPS) is 11.5. The van der Waals surface area contributed by atoms with Gasteiger partial charge in [-0.05, 0) is 12.1 Å². The minimum Gasteiger partial charge on any atom is -0.383 e. The van der Waals surface area contributed by atoms with Crippen LogP contribution < -0.4 is 5.32 Å². The molecule has 1 aromatic rings. The molecule has 21 heavy (non-hydrogen) atoms. The highest BCUT2D eigenvalue weighted by Gasteiger charge is 2.07. The summed E-state index contributed by atoms with van der Waals surface area (Å²) in [6.07, 6.45) is 0. The molecule has 0 amide bonds. The van der Waals surface area contributed by atoms with Crippen molar-refractivity contribution in [2.45, 2.75) is 33.0 Å². The maximum absolute atomic E-state index is 5.17. The van der Waals surface area contributed by atoms with Crippen LogP contribution in [0.15, 0.2) is 18.2 Å². The van der Waals surface area contributed by atoms with Gasteiger partial charge in [0.1, 0.15) is 0 Å². The topological polar surface area (TPSA) is 46.6 Å². The van der Waals surface area contributed by atoms with E-state index in [0.29, 0.717) is 6.04 Å². The number of ether oxygens (including phenoxy) is 2. The number of hydrogen-bond acceptors (Lipinski definition) is 5. The molecule has 0 atom stereocenters. The van der Waals surface area contributed by atoms with Gasteiger partial charge >= 0.3 is 0 Å². The Balaban J connectivity index is 2.58. The Kier molecular flexibility index (Phi) is 9.17. The zero-order valence-electron chi connectivity index (χ0n) is 13.8. The van der Waals surface area contributed by atoms with Crippen LogP contribution in [0.1, 0.15) is 25.2 Å². The van der Waals surface area contributed by atoms with Crippen molar-refractivity contribution in [2.24, 2.45) is 0 Å². The fourth-order valence-electron chi connectivity index (χ4n) is 1.96. The lowest BCUT2D eigenvalue weighted by Crippen LogP contribution is -2.31. The highest BCUT2D eigenvalue weighted by Crippen LogP contribution is 2.04. The number of aromatic nitrogens is 1. The standard InChI is InChI=1S/C16H29N3O2/c1-14(2)17-12-15-6-5-7-16(18-15)13-19(8-10-20-3)9-11-21-4/h5-7,14,17H,8-13H2,1-4H3. The van der Waals surface area contributed by atoms with Crippen LogP contribution >= 0.6 is 0 Å². The van der Waals surface area contributed by atoms with Crippen molar-refractivity contribution in [1.82, 2.24) is 15.2 Å². The molecule has 0 aliphatic heterocycles. The Morgan fingerprint density at radius 3 is 2.29 bits per heavy atom. The molecule has 0 bridgehead atoms. The number of pyridine rings is 1. The van der Waals surface area contributed by atoms with E-state index >= 15 is 0 Å². The average Bonchev–Trinajstić information content (AvgIpc) is 2.48. The van der Waals surface area contributed by atoms with Gasteiger partial charge in [-0.3, -0.25) is 9.88 Å². The lowest BCUT2D eigenvalue weighted by molar-refractivity contribution is 0.109. The molecular weight excluding hydrogens is 266 g/mol. The predicted octanol–water partition coefficient (Wildman–Crippen LogP) is 1.67. The molecule has 5 heteroatoms. The summed E-state index contributed by atoms with van der Waals surface area (Å²) < 4.78 is 10.3. The molecule has 1 aromatic heterocycles. The van der Waals surface area contributed by atoms with E-state index in [9.17, 15) is 0 Å². The molecule has 1 heterocycles. The molecule has 1 rings (SSSR count). The minimum absolute atomic E-state index is 0.468. The Hall–Kier alpha value is -1.01. The van der Waals surface area contributed by atoms with Gasteiger partial charge in [-0.2, -0.15) is 0 Å². The maximum atomic E-state index is 5.17. The highest BCUT2D eigenvalue weighted by atomic mass is 16.5. The molecule has 0 aliphatic carbocycles. The molecule has 0 radical (unpaired) electrons. The molecule has 1 N–H and O–H groups in total. The van der Waals surface area contributed by atoms with Gasteiger partial charge in [0.05, 0.1) is 24.6 Å². The largest absolute Gasteiger partial charge is 0.383 e. The zero-order chi connectivity index (χ0) is 15.5. The first kappa shape index (κ1) is 18.0. The quantitative estimate of drug-likeness (QED) is 0.673. The summed E-state index contributed by atoms with van der Waals surface area (Å²) in [5.41, 5.74) is 2.17. The Morgan fingerprint density at radius 1 is 1.10 bits per heavy atom. The summed E-state index contributed by atoms with van der Waals surface area (Å²) in [5, 5.41) is 3.39. The SMILES string of the molecule is COCCN(CCOC)Cc1cccc(CNC(C)C)n1. The average molecular weight is 295 g/mol. The van der Waals surface area contributed by atoms with Crippen molar-refractivity contribution in [1.29, 1.82) is 0 Å². The van der Waals surface area contributed by atoms with Gasteiger partial charge < -0.3 is 14.8 Å². The highest BCUT2D eigenvalue weighted by molar-refractivity contribution is 5.11. The molecule has 0 saturated carbocycles. The molecule has 0 aromatic carbocycles. The Labute approximate surface area is 128 Å². The second-order valence-electron chi connectivity index (χ2n) is 5.42. The van der Waals surface area contributed by atoms with Gasteiger partial charge in [0, 0.05) is 46.4 Å². The van der Waals surface area contributed by atoms with Gasteiger partial charge in [0.25, 0.3) is 0 Å².